The molecule has 8 nitrogen and oxygen atoms in total. The summed E-state index contributed by atoms with van der Waals surface area (Å²) in [5.41, 5.74) is 2.46. The van der Waals surface area contributed by atoms with E-state index in [-0.39, 0.29) is 30.7 Å². The summed E-state index contributed by atoms with van der Waals surface area (Å²) in [6.45, 7) is -0.887. The van der Waals surface area contributed by atoms with Crippen LogP contribution in [0.5, 0.6) is 5.75 Å². The zero-order valence-corrected chi connectivity index (χ0v) is 15.5. The third kappa shape index (κ3) is 3.96. The fourth-order valence-electron chi connectivity index (χ4n) is 3.29. The number of carbonyl (C=O) groups excluding carboxylic acids is 4. The number of Topliss-reactive ketones (excluding diaryl/α,β-unsaturated/α-hetero) is 1. The van der Waals surface area contributed by atoms with E-state index in [4.69, 9.17) is 9.47 Å². The summed E-state index contributed by atoms with van der Waals surface area (Å²) in [6.07, 6.45) is 0.926. The maximum atomic E-state index is 12.4. The standard InChI is InChI=1S/C21H18N2O6/c24-17(14-5-7-15-13(9-14)6-8-19(25)22-15)11-29-21(27)10-23-16-3-1-2-4-18(16)28-12-20(23)26/h1-5,7,9H,6,8,10-12H2,(H,22,25). The minimum absolute atomic E-state index is 0.0512. The Labute approximate surface area is 166 Å². The van der Waals surface area contributed by atoms with Gasteiger partial charge in [0.2, 0.25) is 5.91 Å². The lowest BCUT2D eigenvalue weighted by Gasteiger charge is -2.28. The molecule has 8 heteroatoms. The minimum Gasteiger partial charge on any atom is -0.482 e. The molecule has 0 bridgehead atoms. The Kier molecular flexibility index (Phi) is 4.99. The molecule has 0 saturated carbocycles. The van der Waals surface area contributed by atoms with E-state index < -0.39 is 12.6 Å². The van der Waals surface area contributed by atoms with Gasteiger partial charge in [-0.15, -0.1) is 0 Å². The smallest absolute Gasteiger partial charge is 0.326 e. The van der Waals surface area contributed by atoms with Gasteiger partial charge in [-0.05, 0) is 42.3 Å². The fraction of sp³-hybridized carbons (Fsp3) is 0.238. The molecule has 2 aliphatic heterocycles. The highest BCUT2D eigenvalue weighted by atomic mass is 16.5. The van der Waals surface area contributed by atoms with Crippen molar-refractivity contribution in [2.24, 2.45) is 0 Å². The summed E-state index contributed by atoms with van der Waals surface area (Å²) in [4.78, 5) is 49.4. The van der Waals surface area contributed by atoms with Crippen LogP contribution in [0.1, 0.15) is 22.3 Å². The summed E-state index contributed by atoms with van der Waals surface area (Å²) in [5, 5.41) is 2.75. The molecular formula is C21H18N2O6. The predicted octanol–water partition coefficient (Wildman–Crippen LogP) is 1.72. The van der Waals surface area contributed by atoms with Gasteiger partial charge in [-0.25, -0.2) is 0 Å². The van der Waals surface area contributed by atoms with Gasteiger partial charge in [-0.1, -0.05) is 12.1 Å². The summed E-state index contributed by atoms with van der Waals surface area (Å²) < 4.78 is 10.4. The van der Waals surface area contributed by atoms with E-state index in [0.717, 1.165) is 5.56 Å². The number of benzene rings is 2. The number of para-hydroxylation sites is 2. The third-order valence-electron chi connectivity index (χ3n) is 4.78. The Morgan fingerprint density at radius 2 is 1.93 bits per heavy atom. The van der Waals surface area contributed by atoms with Crippen LogP contribution in [-0.4, -0.2) is 43.3 Å². The monoisotopic (exact) mass is 394 g/mol. The first kappa shape index (κ1) is 18.7. The van der Waals surface area contributed by atoms with Crippen LogP contribution in [0.2, 0.25) is 0 Å². The summed E-state index contributed by atoms with van der Waals surface area (Å²) in [5.74, 6) is -0.939. The van der Waals surface area contributed by atoms with Crippen molar-refractivity contribution in [1.82, 2.24) is 0 Å². The molecule has 1 N–H and O–H groups in total. The quantitative estimate of drug-likeness (QED) is 0.612. The van der Waals surface area contributed by atoms with Gasteiger partial charge in [0.15, 0.2) is 19.0 Å². The predicted molar refractivity (Wildman–Crippen MR) is 103 cm³/mol. The van der Waals surface area contributed by atoms with E-state index in [9.17, 15) is 19.2 Å². The van der Waals surface area contributed by atoms with Crippen LogP contribution in [0, 0.1) is 0 Å². The number of hydrogen-bond acceptors (Lipinski definition) is 6. The van der Waals surface area contributed by atoms with Crippen LogP contribution in [-0.2, 0) is 25.5 Å². The molecule has 2 aromatic rings. The van der Waals surface area contributed by atoms with E-state index in [1.165, 1.54) is 4.90 Å². The molecule has 0 unspecified atom stereocenters. The van der Waals surface area contributed by atoms with Crippen LogP contribution >= 0.6 is 0 Å². The van der Waals surface area contributed by atoms with E-state index in [2.05, 4.69) is 5.32 Å². The van der Waals surface area contributed by atoms with Gasteiger partial charge >= 0.3 is 5.97 Å². The molecule has 0 fully saturated rings. The average Bonchev–Trinajstić information content (AvgIpc) is 2.73. The van der Waals surface area contributed by atoms with E-state index >= 15 is 0 Å². The van der Waals surface area contributed by atoms with Crippen molar-refractivity contribution in [3.63, 3.8) is 0 Å². The van der Waals surface area contributed by atoms with Crippen LogP contribution in [0.4, 0.5) is 11.4 Å². The highest BCUT2D eigenvalue weighted by Crippen LogP contribution is 2.31. The zero-order valence-electron chi connectivity index (χ0n) is 15.5. The van der Waals surface area contributed by atoms with Crippen molar-refractivity contribution in [3.05, 3.63) is 53.6 Å². The molecule has 0 aliphatic carbocycles. The fourth-order valence-corrected chi connectivity index (χ4v) is 3.29. The lowest BCUT2D eigenvalue weighted by Crippen LogP contribution is -2.42. The van der Waals surface area contributed by atoms with Gasteiger partial charge in [0.05, 0.1) is 5.69 Å². The lowest BCUT2D eigenvalue weighted by molar-refractivity contribution is -0.142. The number of rotatable bonds is 5. The topological polar surface area (TPSA) is 102 Å². The second-order valence-corrected chi connectivity index (χ2v) is 6.74. The van der Waals surface area contributed by atoms with Crippen molar-refractivity contribution in [2.75, 3.05) is 30.0 Å². The molecule has 4 rings (SSSR count). The maximum absolute atomic E-state index is 12.4. The van der Waals surface area contributed by atoms with E-state index in [1.54, 1.807) is 42.5 Å². The second kappa shape index (κ2) is 7.75. The van der Waals surface area contributed by atoms with Crippen molar-refractivity contribution in [1.29, 1.82) is 0 Å². The van der Waals surface area contributed by atoms with Crippen LogP contribution in [0.25, 0.3) is 0 Å². The molecule has 0 saturated heterocycles. The third-order valence-corrected chi connectivity index (χ3v) is 4.78. The van der Waals surface area contributed by atoms with Crippen molar-refractivity contribution in [2.45, 2.75) is 12.8 Å². The summed E-state index contributed by atoms with van der Waals surface area (Å²) >= 11 is 0. The number of amides is 2. The largest absolute Gasteiger partial charge is 0.482 e. The number of nitrogens with zero attached hydrogens (tertiary/aromatic N) is 1. The number of aryl methyl sites for hydroxylation is 1. The number of hydrogen-bond donors (Lipinski definition) is 1. The molecule has 2 aromatic carbocycles. The highest BCUT2D eigenvalue weighted by molar-refractivity contribution is 6.03. The first-order valence-corrected chi connectivity index (χ1v) is 9.15. The first-order chi connectivity index (χ1) is 14.0. The molecule has 0 radical (unpaired) electrons. The number of carbonyl (C=O) groups is 4. The number of anilines is 2. The Morgan fingerprint density at radius 1 is 1.10 bits per heavy atom. The van der Waals surface area contributed by atoms with E-state index in [1.807, 2.05) is 0 Å². The first-order valence-electron chi connectivity index (χ1n) is 9.15. The van der Waals surface area contributed by atoms with Gasteiger partial charge in [0.25, 0.3) is 5.91 Å². The number of fused-ring (bicyclic) bond motifs is 2. The van der Waals surface area contributed by atoms with E-state index in [0.29, 0.717) is 35.5 Å². The maximum Gasteiger partial charge on any atom is 0.326 e. The Hall–Kier alpha value is -3.68. The normalized spacial score (nSPS) is 15.0. The summed E-state index contributed by atoms with van der Waals surface area (Å²) in [6, 6.07) is 11.9. The molecule has 2 aliphatic rings. The number of nitrogens with one attached hydrogen (secondary N) is 1. The SMILES string of the molecule is O=C1CCc2cc(C(=O)COC(=O)CN3C(=O)COc4ccccc43)ccc2N1. The van der Waals surface area contributed by atoms with Gasteiger partial charge < -0.3 is 14.8 Å². The minimum atomic E-state index is -0.686. The van der Waals surface area contributed by atoms with Crippen molar-refractivity contribution >= 4 is 34.9 Å². The van der Waals surface area contributed by atoms with Crippen LogP contribution in [0.3, 0.4) is 0 Å². The average molecular weight is 394 g/mol. The molecule has 0 aromatic heterocycles. The number of ether oxygens (including phenoxy) is 2. The molecule has 2 heterocycles. The number of ketones is 1. The molecule has 2 amide bonds. The summed E-state index contributed by atoms with van der Waals surface area (Å²) in [7, 11) is 0. The zero-order chi connectivity index (χ0) is 20.4. The van der Waals surface area contributed by atoms with Crippen molar-refractivity contribution < 1.29 is 28.7 Å². The molecular weight excluding hydrogens is 376 g/mol. The Balaban J connectivity index is 1.37. The lowest BCUT2D eigenvalue weighted by atomic mass is 9.99. The van der Waals surface area contributed by atoms with Gasteiger partial charge in [-0.2, -0.15) is 0 Å². The van der Waals surface area contributed by atoms with Gasteiger partial charge in [0.1, 0.15) is 12.3 Å². The van der Waals surface area contributed by atoms with Crippen molar-refractivity contribution in [3.8, 4) is 5.75 Å². The molecule has 29 heavy (non-hydrogen) atoms. The second-order valence-electron chi connectivity index (χ2n) is 6.74. The number of esters is 1. The molecule has 0 spiro atoms. The van der Waals surface area contributed by atoms with Crippen LogP contribution in [0.15, 0.2) is 42.5 Å². The van der Waals surface area contributed by atoms with Gasteiger partial charge in [0, 0.05) is 17.7 Å². The van der Waals surface area contributed by atoms with Crippen LogP contribution < -0.4 is 15.0 Å². The molecule has 0 atom stereocenters. The molecule has 148 valence electrons. The highest BCUT2D eigenvalue weighted by Gasteiger charge is 2.27. The Bertz CT molecular complexity index is 1020. The van der Waals surface area contributed by atoms with Gasteiger partial charge in [-0.3, -0.25) is 24.1 Å². The Morgan fingerprint density at radius 3 is 2.79 bits per heavy atom.